The molecule has 1 N–H and O–H groups in total. The summed E-state index contributed by atoms with van der Waals surface area (Å²) >= 11 is 11.7. The maximum absolute atomic E-state index is 9.59. The Bertz CT molecular complexity index is 349. The van der Waals surface area contributed by atoms with Gasteiger partial charge in [0.2, 0.25) is 0 Å². The number of aliphatic hydroxyl groups excluding tert-OH is 1. The van der Waals surface area contributed by atoms with E-state index in [2.05, 4.69) is 0 Å². The number of hydrogen-bond donors (Lipinski definition) is 1. The molecule has 1 aliphatic carbocycles. The van der Waals surface area contributed by atoms with Crippen LogP contribution in [0.3, 0.4) is 0 Å². The molecule has 2 rings (SSSR count). The second-order valence-electron chi connectivity index (χ2n) is 3.66. The maximum Gasteiger partial charge on any atom is 0.0925 e. The zero-order chi connectivity index (χ0) is 10.1. The SMILES string of the molecule is O[C@H](CCl)c1cc(Cl)c2c(c1)CCC2. The van der Waals surface area contributed by atoms with Gasteiger partial charge in [0.1, 0.15) is 0 Å². The summed E-state index contributed by atoms with van der Waals surface area (Å²) in [7, 11) is 0. The van der Waals surface area contributed by atoms with Crippen LogP contribution in [0, 0.1) is 0 Å². The zero-order valence-corrected chi connectivity index (χ0v) is 9.28. The van der Waals surface area contributed by atoms with Crippen LogP contribution in [0.2, 0.25) is 5.02 Å². The van der Waals surface area contributed by atoms with Crippen LogP contribution < -0.4 is 0 Å². The maximum atomic E-state index is 9.59. The molecule has 0 fully saturated rings. The molecule has 0 radical (unpaired) electrons. The fourth-order valence-electron chi connectivity index (χ4n) is 1.96. The van der Waals surface area contributed by atoms with Crippen molar-refractivity contribution in [2.75, 3.05) is 5.88 Å². The van der Waals surface area contributed by atoms with E-state index in [0.717, 1.165) is 29.8 Å². The second kappa shape index (κ2) is 4.09. The summed E-state index contributed by atoms with van der Waals surface area (Å²) in [4.78, 5) is 0. The van der Waals surface area contributed by atoms with Crippen LogP contribution in [0.5, 0.6) is 0 Å². The highest BCUT2D eigenvalue weighted by Crippen LogP contribution is 2.32. The molecule has 0 spiro atoms. The number of aliphatic hydroxyl groups is 1. The average molecular weight is 231 g/mol. The summed E-state index contributed by atoms with van der Waals surface area (Å²) in [5.74, 6) is 0.217. The fourth-order valence-corrected chi connectivity index (χ4v) is 2.48. The van der Waals surface area contributed by atoms with E-state index in [4.69, 9.17) is 23.2 Å². The Morgan fingerprint density at radius 2 is 2.14 bits per heavy atom. The lowest BCUT2D eigenvalue weighted by molar-refractivity contribution is 0.202. The summed E-state index contributed by atoms with van der Waals surface area (Å²) in [5, 5.41) is 10.4. The van der Waals surface area contributed by atoms with Gasteiger partial charge >= 0.3 is 0 Å². The van der Waals surface area contributed by atoms with E-state index in [1.807, 2.05) is 12.1 Å². The van der Waals surface area contributed by atoms with E-state index in [1.54, 1.807) is 0 Å². The van der Waals surface area contributed by atoms with Crippen molar-refractivity contribution in [3.8, 4) is 0 Å². The van der Waals surface area contributed by atoms with Crippen LogP contribution >= 0.6 is 23.2 Å². The van der Waals surface area contributed by atoms with Crippen LogP contribution in [0.15, 0.2) is 12.1 Å². The van der Waals surface area contributed by atoms with Crippen LogP contribution in [0.25, 0.3) is 0 Å². The molecule has 1 atom stereocenters. The highest BCUT2D eigenvalue weighted by atomic mass is 35.5. The Hall–Kier alpha value is -0.240. The quantitative estimate of drug-likeness (QED) is 0.775. The van der Waals surface area contributed by atoms with Gasteiger partial charge in [0.15, 0.2) is 0 Å². The minimum absolute atomic E-state index is 0.217. The Kier molecular flexibility index (Phi) is 3.01. The lowest BCUT2D eigenvalue weighted by Crippen LogP contribution is -2.00. The standard InChI is InChI=1S/C11H12Cl2O/c12-6-11(14)8-4-7-2-1-3-9(7)10(13)5-8/h4-5,11,14H,1-3,6H2/t11-/m1/s1. The largest absolute Gasteiger partial charge is 0.387 e. The monoisotopic (exact) mass is 230 g/mol. The van der Waals surface area contributed by atoms with Crippen molar-refractivity contribution in [1.82, 2.24) is 0 Å². The molecule has 0 bridgehead atoms. The van der Waals surface area contributed by atoms with Crippen LogP contribution in [0.4, 0.5) is 0 Å². The molecular weight excluding hydrogens is 219 g/mol. The van der Waals surface area contributed by atoms with Crippen LogP contribution in [-0.2, 0) is 12.8 Å². The summed E-state index contributed by atoms with van der Waals surface area (Å²) < 4.78 is 0. The van der Waals surface area contributed by atoms with Gasteiger partial charge in [0, 0.05) is 5.02 Å². The molecule has 1 aliphatic rings. The molecule has 1 nitrogen and oxygen atoms in total. The third-order valence-corrected chi connectivity index (χ3v) is 3.34. The van der Waals surface area contributed by atoms with Crippen molar-refractivity contribution in [2.45, 2.75) is 25.4 Å². The van der Waals surface area contributed by atoms with Crippen molar-refractivity contribution < 1.29 is 5.11 Å². The smallest absolute Gasteiger partial charge is 0.0925 e. The van der Waals surface area contributed by atoms with Gasteiger partial charge in [-0.15, -0.1) is 11.6 Å². The van der Waals surface area contributed by atoms with Gasteiger partial charge < -0.3 is 5.11 Å². The summed E-state index contributed by atoms with van der Waals surface area (Å²) in [6.07, 6.45) is 2.69. The molecule has 0 aromatic heterocycles. The predicted molar refractivity (Wildman–Crippen MR) is 59.2 cm³/mol. The van der Waals surface area contributed by atoms with Crippen LogP contribution in [-0.4, -0.2) is 11.0 Å². The lowest BCUT2D eigenvalue weighted by Gasteiger charge is -2.10. The van der Waals surface area contributed by atoms with Crippen molar-refractivity contribution >= 4 is 23.2 Å². The van der Waals surface area contributed by atoms with E-state index in [0.29, 0.717) is 0 Å². The van der Waals surface area contributed by atoms with E-state index < -0.39 is 6.10 Å². The Morgan fingerprint density at radius 1 is 1.36 bits per heavy atom. The number of rotatable bonds is 2. The molecule has 0 heterocycles. The Balaban J connectivity index is 2.41. The molecule has 0 saturated heterocycles. The van der Waals surface area contributed by atoms with Gasteiger partial charge in [-0.3, -0.25) is 0 Å². The van der Waals surface area contributed by atoms with E-state index in [-0.39, 0.29) is 5.88 Å². The highest BCUT2D eigenvalue weighted by molar-refractivity contribution is 6.31. The van der Waals surface area contributed by atoms with Gasteiger partial charge in [0.05, 0.1) is 12.0 Å². The van der Waals surface area contributed by atoms with Crippen molar-refractivity contribution in [2.24, 2.45) is 0 Å². The second-order valence-corrected chi connectivity index (χ2v) is 4.38. The summed E-state index contributed by atoms with van der Waals surface area (Å²) in [6, 6.07) is 3.86. The molecule has 0 saturated carbocycles. The molecule has 0 unspecified atom stereocenters. The molecule has 14 heavy (non-hydrogen) atoms. The molecule has 3 heteroatoms. The Morgan fingerprint density at radius 3 is 2.86 bits per heavy atom. The topological polar surface area (TPSA) is 20.2 Å². The molecule has 0 amide bonds. The number of fused-ring (bicyclic) bond motifs is 1. The summed E-state index contributed by atoms with van der Waals surface area (Å²) in [5.41, 5.74) is 3.36. The normalized spacial score (nSPS) is 16.8. The first-order valence-corrected chi connectivity index (χ1v) is 5.69. The van der Waals surface area contributed by atoms with Gasteiger partial charge in [-0.1, -0.05) is 17.7 Å². The van der Waals surface area contributed by atoms with Gasteiger partial charge in [-0.05, 0) is 42.0 Å². The lowest BCUT2D eigenvalue weighted by atomic mass is 10.0. The highest BCUT2D eigenvalue weighted by Gasteiger charge is 2.17. The van der Waals surface area contributed by atoms with Crippen molar-refractivity contribution in [1.29, 1.82) is 0 Å². The number of halogens is 2. The minimum atomic E-state index is -0.597. The first kappa shape index (κ1) is 10.3. The third kappa shape index (κ3) is 1.77. The predicted octanol–water partition coefficient (Wildman–Crippen LogP) is 3.10. The fraction of sp³-hybridized carbons (Fsp3) is 0.455. The third-order valence-electron chi connectivity index (χ3n) is 2.71. The zero-order valence-electron chi connectivity index (χ0n) is 7.76. The number of hydrogen-bond acceptors (Lipinski definition) is 1. The van der Waals surface area contributed by atoms with E-state index in [1.165, 1.54) is 11.1 Å². The molecule has 76 valence electrons. The van der Waals surface area contributed by atoms with E-state index >= 15 is 0 Å². The number of benzene rings is 1. The molecule has 1 aromatic carbocycles. The van der Waals surface area contributed by atoms with Gasteiger partial charge in [0.25, 0.3) is 0 Å². The van der Waals surface area contributed by atoms with Gasteiger partial charge in [-0.25, -0.2) is 0 Å². The minimum Gasteiger partial charge on any atom is -0.387 e. The summed E-state index contributed by atoms with van der Waals surface area (Å²) in [6.45, 7) is 0. The molecular formula is C11H12Cl2O. The van der Waals surface area contributed by atoms with Crippen LogP contribution in [0.1, 0.15) is 29.2 Å². The number of alkyl halides is 1. The Labute approximate surface area is 93.7 Å². The van der Waals surface area contributed by atoms with Gasteiger partial charge in [-0.2, -0.15) is 0 Å². The average Bonchev–Trinajstić information content (AvgIpc) is 2.64. The van der Waals surface area contributed by atoms with E-state index in [9.17, 15) is 5.11 Å². The first-order chi connectivity index (χ1) is 6.72. The first-order valence-electron chi connectivity index (χ1n) is 4.77. The van der Waals surface area contributed by atoms with Crippen molar-refractivity contribution in [3.05, 3.63) is 33.8 Å². The molecule has 0 aliphatic heterocycles. The van der Waals surface area contributed by atoms with Crippen molar-refractivity contribution in [3.63, 3.8) is 0 Å². The number of aryl methyl sites for hydroxylation is 1. The molecule has 1 aromatic rings.